The van der Waals surface area contributed by atoms with Crippen molar-refractivity contribution in [1.82, 2.24) is 34.8 Å². The number of thiazole rings is 1. The molecule has 0 fully saturated rings. The molecule has 0 saturated carbocycles. The van der Waals surface area contributed by atoms with Crippen molar-refractivity contribution in [2.75, 3.05) is 6.54 Å². The van der Waals surface area contributed by atoms with Crippen LogP contribution in [0.5, 0.6) is 0 Å². The number of carbonyl (C=O) groups is 1. The third kappa shape index (κ3) is 3.77. The van der Waals surface area contributed by atoms with E-state index in [0.29, 0.717) is 41.3 Å². The maximum atomic E-state index is 14.9. The zero-order valence-corrected chi connectivity index (χ0v) is 20.0. The second-order valence-corrected chi connectivity index (χ2v) is 9.61. The van der Waals surface area contributed by atoms with Crippen LogP contribution in [0.1, 0.15) is 40.4 Å². The summed E-state index contributed by atoms with van der Waals surface area (Å²) in [4.78, 5) is 31.4. The minimum atomic E-state index is -0.591. The van der Waals surface area contributed by atoms with E-state index >= 15 is 0 Å². The van der Waals surface area contributed by atoms with Gasteiger partial charge in [-0.15, -0.1) is 21.5 Å². The Kier molecular flexibility index (Phi) is 5.41. The van der Waals surface area contributed by atoms with Gasteiger partial charge in [-0.1, -0.05) is 24.3 Å². The minimum absolute atomic E-state index is 0.0125. The largest absolute Gasteiger partial charge is 0.329 e. The first-order chi connectivity index (χ1) is 17.5. The van der Waals surface area contributed by atoms with E-state index in [0.717, 1.165) is 10.4 Å². The molecule has 1 atom stereocenters. The molecule has 2 aromatic carbocycles. The Morgan fingerprint density at radius 1 is 1.19 bits per heavy atom. The van der Waals surface area contributed by atoms with Gasteiger partial charge in [0, 0.05) is 29.9 Å². The molecule has 0 bridgehead atoms. The predicted octanol–water partition coefficient (Wildman–Crippen LogP) is 3.59. The molecule has 0 radical (unpaired) electrons. The van der Waals surface area contributed by atoms with Crippen LogP contribution in [0.25, 0.3) is 21.6 Å². The second-order valence-electron chi connectivity index (χ2n) is 8.72. The second kappa shape index (κ2) is 8.76. The van der Waals surface area contributed by atoms with Gasteiger partial charge in [-0.05, 0) is 30.7 Å². The highest BCUT2D eigenvalue weighted by molar-refractivity contribution is 7.13. The molecule has 11 heteroatoms. The summed E-state index contributed by atoms with van der Waals surface area (Å²) in [5.41, 5.74) is 1.07. The number of halogens is 1. The molecular formula is C25H20FN7O2S. The van der Waals surface area contributed by atoms with Crippen LogP contribution in [0.4, 0.5) is 4.39 Å². The minimum Gasteiger partial charge on any atom is -0.329 e. The Labute approximate surface area is 208 Å². The normalized spacial score (nSPS) is 15.3. The lowest BCUT2D eigenvalue weighted by molar-refractivity contribution is 0.0677. The number of fused-ring (bicyclic) bond motifs is 2. The molecule has 5 aromatic rings. The van der Waals surface area contributed by atoms with Gasteiger partial charge in [0.25, 0.3) is 11.5 Å². The lowest BCUT2D eigenvalue weighted by Gasteiger charge is -2.32. The Bertz CT molecular complexity index is 1660. The van der Waals surface area contributed by atoms with Crippen molar-refractivity contribution in [2.24, 2.45) is 0 Å². The van der Waals surface area contributed by atoms with Crippen LogP contribution in [0, 0.1) is 5.82 Å². The third-order valence-corrected chi connectivity index (χ3v) is 7.11. The first kappa shape index (κ1) is 22.2. The van der Waals surface area contributed by atoms with Gasteiger partial charge in [0.1, 0.15) is 5.82 Å². The number of hydrogen-bond acceptors (Lipinski definition) is 7. The van der Waals surface area contributed by atoms with Gasteiger partial charge in [0.15, 0.2) is 16.7 Å². The zero-order chi connectivity index (χ0) is 24.8. The van der Waals surface area contributed by atoms with E-state index in [9.17, 15) is 14.0 Å². The fourth-order valence-electron chi connectivity index (χ4n) is 4.68. The van der Waals surface area contributed by atoms with Crippen molar-refractivity contribution in [3.63, 3.8) is 0 Å². The molecule has 6 rings (SSSR count). The van der Waals surface area contributed by atoms with Crippen molar-refractivity contribution in [3.8, 4) is 10.8 Å². The number of carbonyl (C=O) groups excluding carboxylic acids is 1. The van der Waals surface area contributed by atoms with Crippen LogP contribution in [0.15, 0.2) is 58.8 Å². The molecule has 4 heterocycles. The fourth-order valence-corrected chi connectivity index (χ4v) is 5.30. The van der Waals surface area contributed by atoms with Gasteiger partial charge in [-0.3, -0.25) is 9.59 Å². The summed E-state index contributed by atoms with van der Waals surface area (Å²) in [6.07, 6.45) is 2.05. The number of aromatic nitrogens is 6. The molecule has 180 valence electrons. The van der Waals surface area contributed by atoms with Crippen molar-refractivity contribution in [1.29, 1.82) is 0 Å². The Morgan fingerprint density at radius 2 is 2.03 bits per heavy atom. The van der Waals surface area contributed by atoms with Gasteiger partial charge in [0.05, 0.1) is 29.2 Å². The summed E-state index contributed by atoms with van der Waals surface area (Å²) in [6, 6.07) is 11.6. The van der Waals surface area contributed by atoms with Crippen LogP contribution in [0.3, 0.4) is 0 Å². The Balaban J connectivity index is 1.29. The van der Waals surface area contributed by atoms with Gasteiger partial charge >= 0.3 is 0 Å². The highest BCUT2D eigenvalue weighted by Crippen LogP contribution is 2.29. The highest BCUT2D eigenvalue weighted by atomic mass is 32.1. The van der Waals surface area contributed by atoms with E-state index in [1.165, 1.54) is 17.4 Å². The molecule has 1 N–H and O–H groups in total. The first-order valence-corrected chi connectivity index (χ1v) is 12.2. The van der Waals surface area contributed by atoms with Gasteiger partial charge in [-0.25, -0.2) is 14.5 Å². The number of hydrogen-bond donors (Lipinski definition) is 1. The fraction of sp³-hybridized carbons (Fsp3) is 0.200. The van der Waals surface area contributed by atoms with Crippen LogP contribution in [-0.2, 0) is 13.0 Å². The number of amides is 1. The van der Waals surface area contributed by atoms with E-state index in [-0.39, 0.29) is 23.7 Å². The van der Waals surface area contributed by atoms with Crippen molar-refractivity contribution in [2.45, 2.75) is 25.9 Å². The van der Waals surface area contributed by atoms with Gasteiger partial charge < -0.3 is 9.47 Å². The summed E-state index contributed by atoms with van der Waals surface area (Å²) >= 11 is 1.48. The van der Waals surface area contributed by atoms with Crippen molar-refractivity contribution >= 4 is 28.0 Å². The van der Waals surface area contributed by atoms with E-state index in [1.54, 1.807) is 35.4 Å². The maximum absolute atomic E-state index is 14.9. The predicted molar refractivity (Wildman–Crippen MR) is 132 cm³/mol. The number of nitrogens with zero attached hydrogens (tertiary/aromatic N) is 6. The molecule has 0 aliphatic carbocycles. The topological polar surface area (TPSA) is 110 Å². The summed E-state index contributed by atoms with van der Waals surface area (Å²) in [7, 11) is 0. The summed E-state index contributed by atoms with van der Waals surface area (Å²) in [5.74, 6) is 0.304. The van der Waals surface area contributed by atoms with Gasteiger partial charge in [-0.2, -0.15) is 5.10 Å². The number of H-pyrrole nitrogens is 1. The summed E-state index contributed by atoms with van der Waals surface area (Å²) in [6.45, 7) is 2.58. The molecule has 3 aromatic heterocycles. The number of rotatable bonds is 4. The maximum Gasteiger partial charge on any atom is 0.272 e. The number of benzene rings is 2. The molecule has 36 heavy (non-hydrogen) atoms. The molecule has 1 aliphatic heterocycles. The average molecular weight is 502 g/mol. The van der Waals surface area contributed by atoms with E-state index in [4.69, 9.17) is 0 Å². The van der Waals surface area contributed by atoms with Crippen LogP contribution < -0.4 is 5.56 Å². The van der Waals surface area contributed by atoms with Crippen molar-refractivity contribution in [3.05, 3.63) is 92.9 Å². The van der Waals surface area contributed by atoms with Gasteiger partial charge in [0.2, 0.25) is 0 Å². The molecule has 0 spiro atoms. The average Bonchev–Trinajstić information content (AvgIpc) is 3.57. The van der Waals surface area contributed by atoms with Crippen LogP contribution in [0.2, 0.25) is 0 Å². The lowest BCUT2D eigenvalue weighted by Crippen LogP contribution is -2.40. The van der Waals surface area contributed by atoms with E-state index in [1.807, 2.05) is 29.0 Å². The Morgan fingerprint density at radius 3 is 2.83 bits per heavy atom. The van der Waals surface area contributed by atoms with Crippen LogP contribution in [-0.4, -0.2) is 47.3 Å². The lowest BCUT2D eigenvalue weighted by atomic mass is 10.0. The smallest absolute Gasteiger partial charge is 0.272 e. The number of nitrogens with one attached hydrogen (secondary N) is 1. The van der Waals surface area contributed by atoms with E-state index in [2.05, 4.69) is 25.4 Å². The zero-order valence-electron chi connectivity index (χ0n) is 19.2. The molecule has 1 aliphatic rings. The van der Waals surface area contributed by atoms with E-state index < -0.39 is 11.7 Å². The monoisotopic (exact) mass is 501 g/mol. The molecule has 9 nitrogen and oxygen atoms in total. The quantitative estimate of drug-likeness (QED) is 0.403. The third-order valence-electron chi connectivity index (χ3n) is 6.34. The molecule has 1 amide bonds. The number of aromatic amines is 1. The summed E-state index contributed by atoms with van der Waals surface area (Å²) in [5, 5.41) is 19.2. The van der Waals surface area contributed by atoms with Crippen molar-refractivity contribution < 1.29 is 9.18 Å². The standard InChI is InChI=1S/C25H20FN7O2S/c1-14-12-32(13-21-29-30-22(33(14)21)24-27-8-9-36-24)25(35)18-10-15(6-7-19(18)26)11-20-16-4-2-3-5-17(16)23(34)31-28-20/h2-10,14H,11-13H2,1H3,(H,31,34)/t14-/m1/s1. The molecular weight excluding hydrogens is 481 g/mol. The first-order valence-electron chi connectivity index (χ1n) is 11.4. The molecule has 0 unspecified atom stereocenters. The highest BCUT2D eigenvalue weighted by Gasteiger charge is 2.31. The molecule has 0 saturated heterocycles. The van der Waals surface area contributed by atoms with Crippen LogP contribution >= 0.6 is 11.3 Å². The Hall–Kier alpha value is -4.25. The SMILES string of the molecule is C[C@@H]1CN(C(=O)c2cc(Cc3n[nH]c(=O)c4ccccc34)ccc2F)Cc2nnc(-c3nccs3)n21. The summed E-state index contributed by atoms with van der Waals surface area (Å²) < 4.78 is 16.8.